The van der Waals surface area contributed by atoms with Gasteiger partial charge >= 0.3 is 0 Å². The molecule has 27 heavy (non-hydrogen) atoms. The van der Waals surface area contributed by atoms with Crippen LogP contribution in [0.25, 0.3) is 6.08 Å². The third kappa shape index (κ3) is 6.35. The molecule has 0 saturated carbocycles. The lowest BCUT2D eigenvalue weighted by molar-refractivity contribution is -0.305. The minimum atomic E-state index is -1.19. The minimum Gasteiger partial charge on any atom is -0.550 e. The standard InChI is InChI=1S/C19H20N2O6/c1-26-14-8-6-13(7-9-14)12-15(18(24)20-10-2-5-17(22)23)21-19(25)16-4-3-11-27-16/h3-4,6-9,11-12H,2,5,10H2,1H3,(H,20,24)(H,21,25)(H,22,23)/p-1/b15-12+. The van der Waals surface area contributed by atoms with Crippen LogP contribution in [0, 0.1) is 0 Å². The molecule has 2 aromatic rings. The molecule has 2 N–H and O–H groups in total. The Morgan fingerprint density at radius 3 is 2.52 bits per heavy atom. The first-order chi connectivity index (χ1) is 13.0. The lowest BCUT2D eigenvalue weighted by Gasteiger charge is -2.11. The fourth-order valence-electron chi connectivity index (χ4n) is 2.15. The summed E-state index contributed by atoms with van der Waals surface area (Å²) in [5.74, 6) is -1.61. The van der Waals surface area contributed by atoms with E-state index in [0.29, 0.717) is 11.3 Å². The van der Waals surface area contributed by atoms with Crippen LogP contribution in [0.3, 0.4) is 0 Å². The van der Waals surface area contributed by atoms with Crippen molar-refractivity contribution in [3.8, 4) is 5.75 Å². The Morgan fingerprint density at radius 1 is 1.19 bits per heavy atom. The molecule has 0 saturated heterocycles. The summed E-state index contributed by atoms with van der Waals surface area (Å²) < 4.78 is 10.1. The second-order valence-electron chi connectivity index (χ2n) is 5.49. The van der Waals surface area contributed by atoms with Gasteiger partial charge in [-0.1, -0.05) is 12.1 Å². The zero-order chi connectivity index (χ0) is 19.6. The number of carboxylic acids is 1. The fraction of sp³-hybridized carbons (Fsp3) is 0.211. The van der Waals surface area contributed by atoms with Gasteiger partial charge in [0.2, 0.25) is 0 Å². The summed E-state index contributed by atoms with van der Waals surface area (Å²) in [5, 5.41) is 15.5. The summed E-state index contributed by atoms with van der Waals surface area (Å²) in [7, 11) is 1.54. The number of methoxy groups -OCH3 is 1. The Labute approximate surface area is 155 Å². The first kappa shape index (κ1) is 19.8. The normalized spacial score (nSPS) is 10.9. The van der Waals surface area contributed by atoms with E-state index in [0.717, 1.165) is 0 Å². The lowest BCUT2D eigenvalue weighted by atomic mass is 10.1. The lowest BCUT2D eigenvalue weighted by Crippen LogP contribution is -2.35. The van der Waals surface area contributed by atoms with Crippen molar-refractivity contribution in [2.45, 2.75) is 12.8 Å². The number of aliphatic carboxylic acids is 1. The molecular formula is C19H19N2O6-. The summed E-state index contributed by atoms with van der Waals surface area (Å²) >= 11 is 0. The molecule has 0 aliphatic carbocycles. The zero-order valence-corrected chi connectivity index (χ0v) is 14.7. The second kappa shape index (κ2) is 9.81. The average Bonchev–Trinajstić information content (AvgIpc) is 3.20. The Hall–Kier alpha value is -3.55. The molecule has 0 fully saturated rings. The van der Waals surface area contributed by atoms with E-state index in [1.165, 1.54) is 18.4 Å². The molecule has 0 aliphatic heterocycles. The molecule has 8 nitrogen and oxygen atoms in total. The van der Waals surface area contributed by atoms with Crippen molar-refractivity contribution < 1.29 is 28.6 Å². The summed E-state index contributed by atoms with van der Waals surface area (Å²) in [4.78, 5) is 35.0. The summed E-state index contributed by atoms with van der Waals surface area (Å²) in [5.41, 5.74) is 0.658. The number of nitrogens with one attached hydrogen (secondary N) is 2. The highest BCUT2D eigenvalue weighted by molar-refractivity contribution is 6.04. The van der Waals surface area contributed by atoms with E-state index in [4.69, 9.17) is 9.15 Å². The second-order valence-corrected chi connectivity index (χ2v) is 5.49. The van der Waals surface area contributed by atoms with Crippen LogP contribution >= 0.6 is 0 Å². The van der Waals surface area contributed by atoms with E-state index in [1.54, 1.807) is 37.4 Å². The van der Waals surface area contributed by atoms with Crippen molar-refractivity contribution in [2.75, 3.05) is 13.7 Å². The molecule has 0 radical (unpaired) electrons. The predicted octanol–water partition coefficient (Wildman–Crippen LogP) is 0.705. The Kier molecular flexibility index (Phi) is 7.18. The molecule has 1 aromatic carbocycles. The van der Waals surface area contributed by atoms with Gasteiger partial charge in [-0.2, -0.15) is 0 Å². The SMILES string of the molecule is COc1ccc(/C=C(/NC(=O)c2ccco2)C(=O)NCCCC(=O)[O-])cc1. The van der Waals surface area contributed by atoms with Crippen LogP contribution in [0.4, 0.5) is 0 Å². The third-order valence-electron chi connectivity index (χ3n) is 3.51. The van der Waals surface area contributed by atoms with Crippen molar-refractivity contribution >= 4 is 23.9 Å². The highest BCUT2D eigenvalue weighted by atomic mass is 16.5. The van der Waals surface area contributed by atoms with Gasteiger partial charge in [0, 0.05) is 12.5 Å². The maximum Gasteiger partial charge on any atom is 0.291 e. The highest BCUT2D eigenvalue weighted by Gasteiger charge is 2.16. The fourth-order valence-corrected chi connectivity index (χ4v) is 2.15. The first-order valence-electron chi connectivity index (χ1n) is 8.18. The summed E-state index contributed by atoms with van der Waals surface area (Å²) in [6.07, 6.45) is 2.89. The number of amides is 2. The molecule has 0 unspecified atom stereocenters. The Morgan fingerprint density at radius 2 is 1.93 bits per heavy atom. The number of carbonyl (C=O) groups excluding carboxylic acids is 3. The minimum absolute atomic E-state index is 0.00461. The topological polar surface area (TPSA) is 121 Å². The van der Waals surface area contributed by atoms with E-state index in [9.17, 15) is 19.5 Å². The smallest absolute Gasteiger partial charge is 0.291 e. The maximum atomic E-state index is 12.4. The zero-order valence-electron chi connectivity index (χ0n) is 14.7. The molecule has 0 bridgehead atoms. The molecular weight excluding hydrogens is 352 g/mol. The molecule has 2 rings (SSSR count). The maximum absolute atomic E-state index is 12.4. The van der Waals surface area contributed by atoms with Crippen LogP contribution in [0.15, 0.2) is 52.8 Å². The third-order valence-corrected chi connectivity index (χ3v) is 3.51. The van der Waals surface area contributed by atoms with Gasteiger partial charge in [0.05, 0.1) is 13.4 Å². The van der Waals surface area contributed by atoms with Gasteiger partial charge in [-0.25, -0.2) is 0 Å². The van der Waals surface area contributed by atoms with Crippen molar-refractivity contribution in [1.29, 1.82) is 0 Å². The van der Waals surface area contributed by atoms with Gasteiger partial charge in [-0.3, -0.25) is 9.59 Å². The number of carboxylic acid groups (broad SMARTS) is 1. The van der Waals surface area contributed by atoms with E-state index in [1.807, 2.05) is 0 Å². The summed E-state index contributed by atoms with van der Waals surface area (Å²) in [6.45, 7) is 0.128. The van der Waals surface area contributed by atoms with Crippen molar-refractivity contribution in [3.05, 3.63) is 59.7 Å². The van der Waals surface area contributed by atoms with E-state index >= 15 is 0 Å². The van der Waals surface area contributed by atoms with Gasteiger partial charge in [-0.05, 0) is 48.7 Å². The van der Waals surface area contributed by atoms with Crippen LogP contribution in [0.5, 0.6) is 5.75 Å². The van der Waals surface area contributed by atoms with Gasteiger partial charge in [-0.15, -0.1) is 0 Å². The van der Waals surface area contributed by atoms with Gasteiger partial charge in [0.15, 0.2) is 5.76 Å². The van der Waals surface area contributed by atoms with E-state index in [2.05, 4.69) is 10.6 Å². The molecule has 0 atom stereocenters. The average molecular weight is 371 g/mol. The largest absolute Gasteiger partial charge is 0.550 e. The van der Waals surface area contributed by atoms with Crippen LogP contribution in [-0.4, -0.2) is 31.4 Å². The number of furan rings is 1. The number of rotatable bonds is 9. The van der Waals surface area contributed by atoms with E-state index in [-0.39, 0.29) is 30.8 Å². The molecule has 2 amide bonds. The number of ether oxygens (including phenoxy) is 1. The van der Waals surface area contributed by atoms with Crippen LogP contribution in [-0.2, 0) is 9.59 Å². The molecule has 142 valence electrons. The number of hydrogen-bond donors (Lipinski definition) is 2. The first-order valence-corrected chi connectivity index (χ1v) is 8.18. The van der Waals surface area contributed by atoms with Crippen LogP contribution in [0.2, 0.25) is 0 Å². The Balaban J connectivity index is 2.13. The van der Waals surface area contributed by atoms with Crippen LogP contribution < -0.4 is 20.5 Å². The molecule has 1 heterocycles. The molecule has 8 heteroatoms. The van der Waals surface area contributed by atoms with Gasteiger partial charge in [0.25, 0.3) is 11.8 Å². The quantitative estimate of drug-likeness (QED) is 0.495. The van der Waals surface area contributed by atoms with Crippen molar-refractivity contribution in [2.24, 2.45) is 0 Å². The van der Waals surface area contributed by atoms with Crippen molar-refractivity contribution in [1.82, 2.24) is 10.6 Å². The monoisotopic (exact) mass is 371 g/mol. The van der Waals surface area contributed by atoms with Gasteiger partial charge in [0.1, 0.15) is 11.4 Å². The number of benzene rings is 1. The molecule has 0 aliphatic rings. The Bertz CT molecular complexity index is 809. The van der Waals surface area contributed by atoms with Gasteiger partial charge < -0.3 is 29.7 Å². The number of hydrogen-bond acceptors (Lipinski definition) is 6. The van der Waals surface area contributed by atoms with Crippen molar-refractivity contribution in [3.63, 3.8) is 0 Å². The number of carbonyl (C=O) groups is 3. The van der Waals surface area contributed by atoms with Crippen LogP contribution in [0.1, 0.15) is 29.0 Å². The highest BCUT2D eigenvalue weighted by Crippen LogP contribution is 2.14. The molecule has 1 aromatic heterocycles. The van der Waals surface area contributed by atoms with E-state index < -0.39 is 17.8 Å². The predicted molar refractivity (Wildman–Crippen MR) is 94.4 cm³/mol. The summed E-state index contributed by atoms with van der Waals surface area (Å²) in [6, 6.07) is 9.91. The molecule has 0 spiro atoms.